The molecule has 3 heteroatoms. The smallest absolute Gasteiger partial charge is 0.174 e. The molecule has 1 unspecified atom stereocenters. The summed E-state index contributed by atoms with van der Waals surface area (Å²) < 4.78 is 0.714. The third kappa shape index (κ3) is 2.41. The fourth-order valence-corrected chi connectivity index (χ4v) is 1.20. The highest BCUT2D eigenvalue weighted by atomic mass is 32.1. The van der Waals surface area contributed by atoms with Gasteiger partial charge in [0.1, 0.15) is 5.92 Å². The van der Waals surface area contributed by atoms with Gasteiger partial charge in [-0.3, -0.25) is 0 Å². The maximum absolute atomic E-state index is 4.93. The summed E-state index contributed by atoms with van der Waals surface area (Å²) in [4.78, 5) is 6.07. The summed E-state index contributed by atoms with van der Waals surface area (Å²) >= 11 is 4.93. The van der Waals surface area contributed by atoms with Gasteiger partial charge in [-0.1, -0.05) is 0 Å². The Labute approximate surface area is 78.4 Å². The van der Waals surface area contributed by atoms with Crippen molar-refractivity contribution in [3.05, 3.63) is 22.6 Å². The van der Waals surface area contributed by atoms with Crippen molar-refractivity contribution >= 4 is 12.2 Å². The molecular formula is C9H15N2S+. The largest absolute Gasteiger partial charge is 0.337 e. The van der Waals surface area contributed by atoms with E-state index in [0.29, 0.717) is 10.7 Å². The van der Waals surface area contributed by atoms with Crippen molar-refractivity contribution in [3.8, 4) is 0 Å². The molecule has 2 N–H and O–H groups in total. The van der Waals surface area contributed by atoms with Crippen LogP contribution in [-0.4, -0.2) is 9.97 Å². The van der Waals surface area contributed by atoms with Crippen LogP contribution in [0.1, 0.15) is 26.5 Å². The molecule has 66 valence electrons. The topological polar surface area (TPSA) is 31.6 Å². The van der Waals surface area contributed by atoms with Crippen molar-refractivity contribution in [1.82, 2.24) is 9.97 Å². The quantitative estimate of drug-likeness (QED) is 0.548. The standard InChI is InChI=1S/C9H14N2S/c1-6(2)7(3)4-8-5-10-9(12)11-8/h5,7H,4H2,1-3H3,(H-,10,11,12)/p+1. The van der Waals surface area contributed by atoms with E-state index in [-0.39, 0.29) is 0 Å². The minimum atomic E-state index is 0.617. The Balaban J connectivity index is 2.58. The average Bonchev–Trinajstić information content (AvgIpc) is 2.35. The van der Waals surface area contributed by atoms with Crippen LogP contribution in [-0.2, 0) is 6.42 Å². The van der Waals surface area contributed by atoms with E-state index in [1.165, 1.54) is 11.6 Å². The molecule has 0 fully saturated rings. The maximum Gasteiger partial charge on any atom is 0.174 e. The Morgan fingerprint density at radius 1 is 1.58 bits per heavy atom. The van der Waals surface area contributed by atoms with Gasteiger partial charge in [0.2, 0.25) is 0 Å². The lowest BCUT2D eigenvalue weighted by molar-refractivity contribution is 0.592. The highest BCUT2D eigenvalue weighted by molar-refractivity contribution is 7.71. The second-order valence-corrected chi connectivity index (χ2v) is 3.86. The molecule has 0 saturated heterocycles. The first-order chi connectivity index (χ1) is 5.59. The highest BCUT2D eigenvalue weighted by Crippen LogP contribution is 2.16. The first kappa shape index (κ1) is 9.39. The van der Waals surface area contributed by atoms with Crippen LogP contribution in [0.2, 0.25) is 0 Å². The van der Waals surface area contributed by atoms with Crippen LogP contribution in [0.15, 0.2) is 6.20 Å². The molecule has 2 nitrogen and oxygen atoms in total. The summed E-state index contributed by atoms with van der Waals surface area (Å²) in [5.74, 6) is 2.07. The molecule has 0 aliphatic heterocycles. The van der Waals surface area contributed by atoms with Gasteiger partial charge in [-0.25, -0.2) is 0 Å². The number of rotatable bonds is 3. The summed E-state index contributed by atoms with van der Waals surface area (Å²) in [6.07, 6.45) is 2.98. The molecule has 1 heterocycles. The van der Waals surface area contributed by atoms with Crippen LogP contribution >= 0.6 is 12.2 Å². The van der Waals surface area contributed by atoms with E-state index in [9.17, 15) is 0 Å². The molecule has 0 bridgehead atoms. The van der Waals surface area contributed by atoms with E-state index in [1.807, 2.05) is 6.20 Å². The SMILES string of the molecule is C[C+](C)C(C)Cc1c[nH]c(=S)[nH]1. The van der Waals surface area contributed by atoms with Gasteiger partial charge < -0.3 is 9.97 Å². The zero-order chi connectivity index (χ0) is 9.14. The van der Waals surface area contributed by atoms with Crippen LogP contribution in [0.3, 0.4) is 0 Å². The number of hydrogen-bond acceptors (Lipinski definition) is 1. The molecule has 0 amide bonds. The monoisotopic (exact) mass is 183 g/mol. The first-order valence-electron chi connectivity index (χ1n) is 4.16. The van der Waals surface area contributed by atoms with Gasteiger partial charge in [-0.05, 0) is 19.1 Å². The van der Waals surface area contributed by atoms with Gasteiger partial charge in [-0.15, -0.1) is 0 Å². The van der Waals surface area contributed by atoms with Crippen LogP contribution in [0.4, 0.5) is 0 Å². The van der Waals surface area contributed by atoms with E-state index < -0.39 is 0 Å². The molecular weight excluding hydrogens is 168 g/mol. The normalized spacial score (nSPS) is 12.9. The van der Waals surface area contributed by atoms with E-state index in [4.69, 9.17) is 12.2 Å². The third-order valence-electron chi connectivity index (χ3n) is 2.16. The number of aromatic amines is 2. The average molecular weight is 183 g/mol. The van der Waals surface area contributed by atoms with Gasteiger partial charge in [-0.2, -0.15) is 0 Å². The number of imidazole rings is 1. The number of aromatic nitrogens is 2. The summed E-state index contributed by atoms with van der Waals surface area (Å²) in [7, 11) is 0. The van der Waals surface area contributed by atoms with Crippen molar-refractivity contribution < 1.29 is 0 Å². The highest BCUT2D eigenvalue weighted by Gasteiger charge is 2.17. The van der Waals surface area contributed by atoms with Gasteiger partial charge in [0, 0.05) is 18.3 Å². The Kier molecular flexibility index (Phi) is 2.98. The molecule has 0 aliphatic rings. The molecule has 0 radical (unpaired) electrons. The van der Waals surface area contributed by atoms with E-state index in [2.05, 4.69) is 30.7 Å². The van der Waals surface area contributed by atoms with Crippen LogP contribution in [0, 0.1) is 16.6 Å². The van der Waals surface area contributed by atoms with Crippen molar-refractivity contribution in [2.45, 2.75) is 27.2 Å². The lowest BCUT2D eigenvalue weighted by Crippen LogP contribution is -2.05. The minimum Gasteiger partial charge on any atom is -0.337 e. The lowest BCUT2D eigenvalue weighted by atomic mass is 9.94. The molecule has 0 saturated carbocycles. The molecule has 12 heavy (non-hydrogen) atoms. The molecule has 1 rings (SSSR count). The summed E-state index contributed by atoms with van der Waals surface area (Å²) in [6, 6.07) is 0. The summed E-state index contributed by atoms with van der Waals surface area (Å²) in [5.41, 5.74) is 1.19. The van der Waals surface area contributed by atoms with Gasteiger partial charge in [0.05, 0.1) is 19.8 Å². The Morgan fingerprint density at radius 2 is 2.25 bits per heavy atom. The molecule has 1 aromatic heterocycles. The number of hydrogen-bond donors (Lipinski definition) is 2. The van der Waals surface area contributed by atoms with E-state index in [1.54, 1.807) is 0 Å². The zero-order valence-corrected chi connectivity index (χ0v) is 8.59. The molecule has 1 aromatic rings. The number of nitrogens with one attached hydrogen (secondary N) is 2. The zero-order valence-electron chi connectivity index (χ0n) is 7.77. The third-order valence-corrected chi connectivity index (χ3v) is 2.38. The predicted molar refractivity (Wildman–Crippen MR) is 53.4 cm³/mol. The fourth-order valence-electron chi connectivity index (χ4n) is 1.01. The van der Waals surface area contributed by atoms with E-state index in [0.717, 1.165) is 6.42 Å². The van der Waals surface area contributed by atoms with Crippen LogP contribution < -0.4 is 0 Å². The van der Waals surface area contributed by atoms with E-state index >= 15 is 0 Å². The van der Waals surface area contributed by atoms with Gasteiger partial charge >= 0.3 is 0 Å². The van der Waals surface area contributed by atoms with Crippen LogP contribution in [0.25, 0.3) is 0 Å². The summed E-state index contributed by atoms with van der Waals surface area (Å²) in [5, 5.41) is 0. The Hall–Kier alpha value is -0.700. The first-order valence-corrected chi connectivity index (χ1v) is 4.57. The molecule has 0 aromatic carbocycles. The second-order valence-electron chi connectivity index (χ2n) is 3.45. The van der Waals surface area contributed by atoms with Gasteiger partial charge in [0.15, 0.2) is 4.77 Å². The minimum absolute atomic E-state index is 0.617. The second kappa shape index (κ2) is 3.81. The van der Waals surface area contributed by atoms with Crippen molar-refractivity contribution in [1.29, 1.82) is 0 Å². The fraction of sp³-hybridized carbons (Fsp3) is 0.556. The van der Waals surface area contributed by atoms with Crippen LogP contribution in [0.5, 0.6) is 0 Å². The lowest BCUT2D eigenvalue weighted by Gasteiger charge is -2.03. The maximum atomic E-state index is 4.93. The molecule has 0 aliphatic carbocycles. The summed E-state index contributed by atoms with van der Waals surface area (Å²) in [6.45, 7) is 6.54. The van der Waals surface area contributed by atoms with Crippen molar-refractivity contribution in [2.24, 2.45) is 5.92 Å². The molecule has 0 spiro atoms. The van der Waals surface area contributed by atoms with Crippen molar-refractivity contribution in [3.63, 3.8) is 0 Å². The van der Waals surface area contributed by atoms with Gasteiger partial charge in [0.25, 0.3) is 0 Å². The number of H-pyrrole nitrogens is 2. The van der Waals surface area contributed by atoms with Crippen molar-refractivity contribution in [2.75, 3.05) is 0 Å². The molecule has 1 atom stereocenters. The predicted octanol–water partition coefficient (Wildman–Crippen LogP) is 2.87. The Bertz CT molecular complexity index is 285. The Morgan fingerprint density at radius 3 is 2.67 bits per heavy atom.